The second kappa shape index (κ2) is 6.96. The Bertz CT molecular complexity index is 803. The van der Waals surface area contributed by atoms with Gasteiger partial charge in [-0.3, -0.25) is 4.79 Å². The number of amides is 1. The van der Waals surface area contributed by atoms with Crippen LogP contribution in [-0.2, 0) is 14.8 Å². The summed E-state index contributed by atoms with van der Waals surface area (Å²) in [4.78, 5) is 19.8. The zero-order valence-corrected chi connectivity index (χ0v) is 14.6. The summed E-state index contributed by atoms with van der Waals surface area (Å²) in [6.45, 7) is 5.64. The molecule has 1 aromatic heterocycles. The van der Waals surface area contributed by atoms with Crippen molar-refractivity contribution in [2.75, 3.05) is 10.0 Å². The Kier molecular flexibility index (Phi) is 5.18. The minimum absolute atomic E-state index is 0.000394. The molecular formula is C16H20N4O3S. The third kappa shape index (κ3) is 4.29. The van der Waals surface area contributed by atoms with Crippen LogP contribution in [0.3, 0.4) is 0 Å². The second-order valence-electron chi connectivity index (χ2n) is 5.89. The number of sulfonamides is 1. The lowest BCUT2D eigenvalue weighted by Gasteiger charge is -2.21. The molecule has 0 aliphatic carbocycles. The van der Waals surface area contributed by atoms with Crippen molar-refractivity contribution in [3.05, 3.63) is 42.7 Å². The van der Waals surface area contributed by atoms with Crippen molar-refractivity contribution in [3.8, 4) is 0 Å². The fraction of sp³-hybridized carbons (Fsp3) is 0.312. The van der Waals surface area contributed by atoms with E-state index in [1.165, 1.54) is 24.5 Å². The number of hydrogen-bond donors (Lipinski definition) is 2. The molecule has 0 aliphatic heterocycles. The number of carbonyl (C=O) groups excluding carboxylic acids is 1. The van der Waals surface area contributed by atoms with Crippen LogP contribution < -0.4 is 10.0 Å². The molecule has 0 saturated heterocycles. The highest BCUT2D eigenvalue weighted by molar-refractivity contribution is 7.92. The normalized spacial score (nSPS) is 11.8. The van der Waals surface area contributed by atoms with E-state index in [1.807, 2.05) is 20.8 Å². The summed E-state index contributed by atoms with van der Waals surface area (Å²) in [5.74, 6) is -0.115. The Morgan fingerprint density at radius 2 is 1.71 bits per heavy atom. The lowest BCUT2D eigenvalue weighted by Crippen LogP contribution is -2.29. The molecule has 0 unspecified atom stereocenters. The molecule has 0 spiro atoms. The van der Waals surface area contributed by atoms with Crippen LogP contribution in [-0.4, -0.2) is 24.3 Å². The van der Waals surface area contributed by atoms with Crippen molar-refractivity contribution >= 4 is 27.6 Å². The van der Waals surface area contributed by atoms with Gasteiger partial charge in [-0.25, -0.2) is 23.1 Å². The van der Waals surface area contributed by atoms with Gasteiger partial charge in [-0.2, -0.15) is 0 Å². The van der Waals surface area contributed by atoms with Crippen LogP contribution in [0.2, 0.25) is 0 Å². The van der Waals surface area contributed by atoms with E-state index < -0.39 is 15.4 Å². The molecule has 24 heavy (non-hydrogen) atoms. The first kappa shape index (κ1) is 17.9. The molecule has 8 heteroatoms. The minimum atomic E-state index is -3.78. The number of carbonyl (C=O) groups is 1. The number of aromatic nitrogens is 2. The third-order valence-corrected chi connectivity index (χ3v) is 5.06. The zero-order chi connectivity index (χ0) is 17.8. The molecule has 0 bridgehead atoms. The number of rotatable bonds is 6. The first-order chi connectivity index (χ1) is 11.2. The quantitative estimate of drug-likeness (QED) is 0.836. The summed E-state index contributed by atoms with van der Waals surface area (Å²) in [6, 6.07) is 7.51. The van der Waals surface area contributed by atoms with Gasteiger partial charge in [0.25, 0.3) is 10.0 Å². The fourth-order valence-electron chi connectivity index (χ4n) is 1.71. The maximum Gasteiger partial charge on any atom is 0.264 e. The molecule has 1 aromatic carbocycles. The largest absolute Gasteiger partial charge is 0.326 e. The molecule has 2 rings (SSSR count). The van der Waals surface area contributed by atoms with Crippen LogP contribution in [0.1, 0.15) is 27.2 Å². The van der Waals surface area contributed by atoms with Gasteiger partial charge in [0.05, 0.1) is 4.90 Å². The molecular weight excluding hydrogens is 328 g/mol. The maximum atomic E-state index is 12.3. The number of nitrogens with one attached hydrogen (secondary N) is 2. The highest BCUT2D eigenvalue weighted by Gasteiger charge is 2.25. The summed E-state index contributed by atoms with van der Waals surface area (Å²) in [5, 5.41) is 2.78. The van der Waals surface area contributed by atoms with Crippen LogP contribution >= 0.6 is 0 Å². The molecule has 1 amide bonds. The van der Waals surface area contributed by atoms with E-state index in [0.29, 0.717) is 12.1 Å². The summed E-state index contributed by atoms with van der Waals surface area (Å²) < 4.78 is 26.8. The van der Waals surface area contributed by atoms with E-state index in [1.54, 1.807) is 18.2 Å². The van der Waals surface area contributed by atoms with E-state index in [0.717, 1.165) is 0 Å². The van der Waals surface area contributed by atoms with Crippen molar-refractivity contribution in [1.82, 2.24) is 9.97 Å². The fourth-order valence-corrected chi connectivity index (χ4v) is 2.67. The topological polar surface area (TPSA) is 101 Å². The van der Waals surface area contributed by atoms with Crippen LogP contribution in [0.4, 0.5) is 11.6 Å². The van der Waals surface area contributed by atoms with Gasteiger partial charge >= 0.3 is 0 Å². The summed E-state index contributed by atoms with van der Waals surface area (Å²) in [6.07, 6.45) is 3.59. The average molecular weight is 348 g/mol. The first-order valence-corrected chi connectivity index (χ1v) is 8.94. The van der Waals surface area contributed by atoms with Crippen LogP contribution in [0.25, 0.3) is 0 Å². The molecule has 0 saturated carbocycles. The van der Waals surface area contributed by atoms with E-state index in [2.05, 4.69) is 20.0 Å². The minimum Gasteiger partial charge on any atom is -0.326 e. The van der Waals surface area contributed by atoms with Gasteiger partial charge in [-0.1, -0.05) is 20.8 Å². The summed E-state index contributed by atoms with van der Waals surface area (Å²) >= 11 is 0. The molecule has 7 nitrogen and oxygen atoms in total. The summed E-state index contributed by atoms with van der Waals surface area (Å²) in [7, 11) is -3.78. The zero-order valence-electron chi connectivity index (χ0n) is 13.8. The van der Waals surface area contributed by atoms with Crippen molar-refractivity contribution < 1.29 is 13.2 Å². The van der Waals surface area contributed by atoms with Crippen LogP contribution in [0.15, 0.2) is 47.6 Å². The van der Waals surface area contributed by atoms with E-state index in [9.17, 15) is 13.2 Å². The Labute approximate surface area is 141 Å². The number of anilines is 2. The predicted octanol–water partition coefficient (Wildman–Crippen LogP) is 2.65. The monoisotopic (exact) mass is 348 g/mol. The van der Waals surface area contributed by atoms with Gasteiger partial charge in [0.1, 0.15) is 0 Å². The lowest BCUT2D eigenvalue weighted by molar-refractivity contribution is -0.124. The maximum absolute atomic E-state index is 12.3. The smallest absolute Gasteiger partial charge is 0.264 e. The lowest BCUT2D eigenvalue weighted by atomic mass is 9.89. The first-order valence-electron chi connectivity index (χ1n) is 7.46. The van der Waals surface area contributed by atoms with E-state index >= 15 is 0 Å². The molecule has 128 valence electrons. The Balaban J connectivity index is 2.13. The molecule has 0 fully saturated rings. The van der Waals surface area contributed by atoms with E-state index in [4.69, 9.17) is 0 Å². The third-order valence-electron chi connectivity index (χ3n) is 3.71. The number of nitrogens with zero attached hydrogens (tertiary/aromatic N) is 2. The SMILES string of the molecule is CCC(C)(C)C(=O)Nc1ccc(S(=O)(=O)Nc2ncccn2)cc1. The second-order valence-corrected chi connectivity index (χ2v) is 7.58. The Morgan fingerprint density at radius 1 is 1.12 bits per heavy atom. The molecule has 0 atom stereocenters. The number of hydrogen-bond acceptors (Lipinski definition) is 5. The van der Waals surface area contributed by atoms with Crippen LogP contribution in [0.5, 0.6) is 0 Å². The van der Waals surface area contributed by atoms with Crippen molar-refractivity contribution in [2.24, 2.45) is 5.41 Å². The van der Waals surface area contributed by atoms with Crippen molar-refractivity contribution in [3.63, 3.8) is 0 Å². The van der Waals surface area contributed by atoms with Gasteiger partial charge in [0.2, 0.25) is 11.9 Å². The highest BCUT2D eigenvalue weighted by Crippen LogP contribution is 2.23. The highest BCUT2D eigenvalue weighted by atomic mass is 32.2. The van der Waals surface area contributed by atoms with Crippen molar-refractivity contribution in [2.45, 2.75) is 32.1 Å². The van der Waals surface area contributed by atoms with Gasteiger partial charge in [0, 0.05) is 23.5 Å². The molecule has 0 radical (unpaired) electrons. The molecule has 1 heterocycles. The molecule has 2 N–H and O–H groups in total. The average Bonchev–Trinajstić information content (AvgIpc) is 2.56. The predicted molar refractivity (Wildman–Crippen MR) is 92.0 cm³/mol. The standard InChI is InChI=1S/C16H20N4O3S/c1-4-16(2,3)14(21)19-12-6-8-13(9-7-12)24(22,23)20-15-17-10-5-11-18-15/h5-11H,4H2,1-3H3,(H,19,21)(H,17,18,20). The van der Waals surface area contributed by atoms with Gasteiger partial charge in [-0.05, 0) is 36.8 Å². The van der Waals surface area contributed by atoms with Crippen LogP contribution in [0, 0.1) is 5.41 Å². The summed E-state index contributed by atoms with van der Waals surface area (Å²) in [5.41, 5.74) is 0.0492. The van der Waals surface area contributed by atoms with Gasteiger partial charge < -0.3 is 5.32 Å². The Morgan fingerprint density at radius 3 is 2.25 bits per heavy atom. The van der Waals surface area contributed by atoms with E-state index in [-0.39, 0.29) is 16.8 Å². The van der Waals surface area contributed by atoms with Gasteiger partial charge in [0.15, 0.2) is 0 Å². The number of benzene rings is 1. The van der Waals surface area contributed by atoms with Crippen molar-refractivity contribution in [1.29, 1.82) is 0 Å². The molecule has 2 aromatic rings. The Hall–Kier alpha value is -2.48. The molecule has 0 aliphatic rings. The van der Waals surface area contributed by atoms with Gasteiger partial charge in [-0.15, -0.1) is 0 Å².